The molecule has 0 N–H and O–H groups in total. The van der Waals surface area contributed by atoms with Crippen LogP contribution in [0.1, 0.15) is 17.8 Å². The highest BCUT2D eigenvalue weighted by Gasteiger charge is 2.21. The minimum atomic E-state index is 0.0271. The summed E-state index contributed by atoms with van der Waals surface area (Å²) in [5.41, 5.74) is 1.75. The van der Waals surface area contributed by atoms with E-state index < -0.39 is 0 Å². The average Bonchev–Trinajstić information content (AvgIpc) is 2.76. The molecule has 0 aliphatic carbocycles. The monoisotopic (exact) mass is 304 g/mol. The van der Waals surface area contributed by atoms with Crippen molar-refractivity contribution in [3.05, 3.63) is 11.4 Å². The highest BCUT2D eigenvalue weighted by molar-refractivity contribution is 5.78. The first-order valence-electron chi connectivity index (χ1n) is 7.59. The van der Waals surface area contributed by atoms with Crippen LogP contribution in [0.15, 0.2) is 0 Å². The van der Waals surface area contributed by atoms with Gasteiger partial charge in [0.15, 0.2) is 12.4 Å². The molecule has 22 heavy (non-hydrogen) atoms. The van der Waals surface area contributed by atoms with Gasteiger partial charge in [-0.1, -0.05) is 0 Å². The smallest absolute Gasteiger partial charge is 0.260 e. The summed E-state index contributed by atoms with van der Waals surface area (Å²) >= 11 is 0. The van der Waals surface area contributed by atoms with E-state index in [-0.39, 0.29) is 12.5 Å². The van der Waals surface area contributed by atoms with Gasteiger partial charge in [-0.05, 0) is 13.8 Å². The molecular weight excluding hydrogens is 280 g/mol. The Hall–Kier alpha value is -2.00. The fourth-order valence-corrected chi connectivity index (χ4v) is 2.63. The Kier molecular flexibility index (Phi) is 5.45. The van der Waals surface area contributed by atoms with E-state index in [2.05, 4.69) is 15.9 Å². The lowest BCUT2D eigenvalue weighted by Gasteiger charge is -2.34. The predicted molar refractivity (Wildman–Crippen MR) is 84.6 cm³/mol. The fraction of sp³-hybridized carbons (Fsp3) is 0.625. The van der Waals surface area contributed by atoms with Crippen LogP contribution < -0.4 is 4.74 Å². The van der Waals surface area contributed by atoms with Gasteiger partial charge in [-0.25, -0.2) is 0 Å². The summed E-state index contributed by atoms with van der Waals surface area (Å²) in [6.07, 6.45) is 6.04. The van der Waals surface area contributed by atoms with Gasteiger partial charge in [0.1, 0.15) is 5.69 Å². The van der Waals surface area contributed by atoms with Gasteiger partial charge in [0.05, 0.1) is 5.69 Å². The highest BCUT2D eigenvalue weighted by atomic mass is 16.5. The largest absolute Gasteiger partial charge is 0.480 e. The van der Waals surface area contributed by atoms with Crippen LogP contribution in [0.5, 0.6) is 5.75 Å². The van der Waals surface area contributed by atoms with Crippen LogP contribution in [0.3, 0.4) is 0 Å². The maximum absolute atomic E-state index is 12.2. The summed E-state index contributed by atoms with van der Waals surface area (Å²) in [4.78, 5) is 16.4. The average molecular weight is 304 g/mol. The van der Waals surface area contributed by atoms with Crippen LogP contribution in [-0.2, 0) is 11.8 Å². The number of piperazine rings is 1. The van der Waals surface area contributed by atoms with Gasteiger partial charge in [-0.15, -0.1) is 12.3 Å². The molecule has 1 fully saturated rings. The molecule has 0 spiro atoms. The maximum atomic E-state index is 12.2. The Morgan fingerprint density at radius 2 is 2.00 bits per heavy atom. The SMILES string of the molecule is C#CCCN1CCN(C(=O)COc2c(C)nn(C)c2C)CC1. The Morgan fingerprint density at radius 1 is 1.32 bits per heavy atom. The van der Waals surface area contributed by atoms with Crippen LogP contribution in [-0.4, -0.2) is 64.8 Å². The summed E-state index contributed by atoms with van der Waals surface area (Å²) in [7, 11) is 1.87. The number of carbonyl (C=O) groups excluding carboxylic acids is 1. The van der Waals surface area contributed by atoms with Gasteiger partial charge in [0, 0.05) is 46.2 Å². The molecule has 0 radical (unpaired) electrons. The zero-order valence-corrected chi connectivity index (χ0v) is 13.6. The third-order valence-electron chi connectivity index (χ3n) is 4.08. The zero-order valence-electron chi connectivity index (χ0n) is 13.6. The Bertz CT molecular complexity index is 565. The molecule has 1 aromatic rings. The molecule has 2 rings (SSSR count). The van der Waals surface area contributed by atoms with Crippen LogP contribution in [0.4, 0.5) is 0 Å². The van der Waals surface area contributed by atoms with E-state index in [4.69, 9.17) is 11.2 Å². The van der Waals surface area contributed by atoms with Crippen molar-refractivity contribution in [2.24, 2.45) is 7.05 Å². The maximum Gasteiger partial charge on any atom is 0.260 e. The molecule has 2 heterocycles. The van der Waals surface area contributed by atoms with Crippen molar-refractivity contribution in [2.75, 3.05) is 39.3 Å². The fourth-order valence-electron chi connectivity index (χ4n) is 2.63. The van der Waals surface area contributed by atoms with E-state index in [1.165, 1.54) is 0 Å². The lowest BCUT2D eigenvalue weighted by atomic mass is 10.3. The summed E-state index contributed by atoms with van der Waals surface area (Å²) in [5, 5.41) is 4.28. The van der Waals surface area contributed by atoms with E-state index in [0.29, 0.717) is 5.75 Å². The molecule has 0 unspecified atom stereocenters. The number of carbonyl (C=O) groups is 1. The van der Waals surface area contributed by atoms with Crippen molar-refractivity contribution in [3.8, 4) is 18.1 Å². The van der Waals surface area contributed by atoms with Gasteiger partial charge < -0.3 is 9.64 Å². The lowest BCUT2D eigenvalue weighted by molar-refractivity contribution is -0.135. The molecule has 6 nitrogen and oxygen atoms in total. The van der Waals surface area contributed by atoms with Crippen LogP contribution in [0, 0.1) is 26.2 Å². The molecule has 6 heteroatoms. The van der Waals surface area contributed by atoms with E-state index in [9.17, 15) is 4.79 Å². The Labute approximate surface area is 132 Å². The van der Waals surface area contributed by atoms with Gasteiger partial charge in [-0.3, -0.25) is 14.4 Å². The van der Waals surface area contributed by atoms with Crippen molar-refractivity contribution >= 4 is 5.91 Å². The van der Waals surface area contributed by atoms with E-state index in [1.807, 2.05) is 25.8 Å². The van der Waals surface area contributed by atoms with Gasteiger partial charge in [0.2, 0.25) is 0 Å². The first-order valence-corrected chi connectivity index (χ1v) is 7.59. The molecular formula is C16H24N4O2. The number of aryl methyl sites for hydroxylation is 2. The number of nitrogens with zero attached hydrogens (tertiary/aromatic N) is 4. The Morgan fingerprint density at radius 3 is 2.55 bits per heavy atom. The van der Waals surface area contributed by atoms with Crippen LogP contribution >= 0.6 is 0 Å². The molecule has 0 atom stereocenters. The van der Waals surface area contributed by atoms with Crippen molar-refractivity contribution in [3.63, 3.8) is 0 Å². The summed E-state index contributed by atoms with van der Waals surface area (Å²) in [5.74, 6) is 3.39. The molecule has 1 amide bonds. The zero-order chi connectivity index (χ0) is 16.1. The topological polar surface area (TPSA) is 50.6 Å². The molecule has 1 aromatic heterocycles. The predicted octanol–water partition coefficient (Wildman–Crippen LogP) is 0.583. The molecule has 1 aliphatic heterocycles. The number of hydrogen-bond donors (Lipinski definition) is 0. The molecule has 120 valence electrons. The molecule has 1 aliphatic rings. The number of rotatable bonds is 5. The van der Waals surface area contributed by atoms with Crippen molar-refractivity contribution in [1.29, 1.82) is 0 Å². The van der Waals surface area contributed by atoms with Crippen molar-refractivity contribution in [1.82, 2.24) is 19.6 Å². The second-order valence-corrected chi connectivity index (χ2v) is 5.59. The third kappa shape index (κ3) is 3.80. The number of ether oxygens (including phenoxy) is 1. The summed E-state index contributed by atoms with van der Waals surface area (Å²) in [6.45, 7) is 8.01. The normalized spacial score (nSPS) is 15.6. The minimum absolute atomic E-state index is 0.0271. The second kappa shape index (κ2) is 7.32. The lowest BCUT2D eigenvalue weighted by Crippen LogP contribution is -2.50. The first kappa shape index (κ1) is 16.4. The van der Waals surface area contributed by atoms with E-state index >= 15 is 0 Å². The van der Waals surface area contributed by atoms with E-state index in [1.54, 1.807) is 4.68 Å². The summed E-state index contributed by atoms with van der Waals surface area (Å²) < 4.78 is 7.44. The molecule has 1 saturated heterocycles. The van der Waals surface area contributed by atoms with Crippen molar-refractivity contribution in [2.45, 2.75) is 20.3 Å². The van der Waals surface area contributed by atoms with E-state index in [0.717, 1.165) is 50.5 Å². The quantitative estimate of drug-likeness (QED) is 0.747. The number of hydrogen-bond acceptors (Lipinski definition) is 4. The number of aromatic nitrogens is 2. The summed E-state index contributed by atoms with van der Waals surface area (Å²) in [6, 6.07) is 0. The van der Waals surface area contributed by atoms with Gasteiger partial charge in [-0.2, -0.15) is 5.10 Å². The minimum Gasteiger partial charge on any atom is -0.480 e. The molecule has 0 saturated carbocycles. The number of terminal acetylenes is 1. The second-order valence-electron chi connectivity index (χ2n) is 5.59. The van der Waals surface area contributed by atoms with Gasteiger partial charge >= 0.3 is 0 Å². The standard InChI is InChI=1S/C16H24N4O2/c1-5-6-7-19-8-10-20(11-9-19)15(21)12-22-16-13(2)17-18(4)14(16)3/h1H,6-12H2,2-4H3. The van der Waals surface area contributed by atoms with Crippen LogP contribution in [0.2, 0.25) is 0 Å². The van der Waals surface area contributed by atoms with Crippen LogP contribution in [0.25, 0.3) is 0 Å². The van der Waals surface area contributed by atoms with Crippen molar-refractivity contribution < 1.29 is 9.53 Å². The van der Waals surface area contributed by atoms with Gasteiger partial charge in [0.25, 0.3) is 5.91 Å². The third-order valence-corrected chi connectivity index (χ3v) is 4.08. The molecule has 0 aromatic carbocycles. The Balaban J connectivity index is 1.80. The highest BCUT2D eigenvalue weighted by Crippen LogP contribution is 2.21. The molecule has 0 bridgehead atoms. The number of amides is 1. The first-order chi connectivity index (χ1) is 10.5.